The van der Waals surface area contributed by atoms with Crippen molar-refractivity contribution in [3.63, 3.8) is 0 Å². The number of carboxylic acids is 1. The van der Waals surface area contributed by atoms with Crippen LogP contribution in [0.1, 0.15) is 30.0 Å². The third-order valence-corrected chi connectivity index (χ3v) is 2.85. The Balaban J connectivity index is 2.84. The smallest absolute Gasteiger partial charge is 0.303 e. The van der Waals surface area contributed by atoms with Gasteiger partial charge in [-0.15, -0.1) is 0 Å². The van der Waals surface area contributed by atoms with Crippen LogP contribution in [0.4, 0.5) is 0 Å². The molecule has 0 aliphatic heterocycles. The number of benzene rings is 1. The van der Waals surface area contributed by atoms with Gasteiger partial charge in [-0.3, -0.25) is 4.79 Å². The summed E-state index contributed by atoms with van der Waals surface area (Å²) < 4.78 is 0. The van der Waals surface area contributed by atoms with E-state index in [9.17, 15) is 9.90 Å². The van der Waals surface area contributed by atoms with E-state index in [0.717, 1.165) is 5.56 Å². The summed E-state index contributed by atoms with van der Waals surface area (Å²) in [5.41, 5.74) is 7.23. The number of phenolic OH excluding ortho intramolecular Hbond substituents is 1. The number of aromatic hydroxyl groups is 1. The average Bonchev–Trinajstić information content (AvgIpc) is 2.21. The van der Waals surface area contributed by atoms with E-state index in [1.807, 2.05) is 0 Å². The number of rotatable bonds is 4. The van der Waals surface area contributed by atoms with E-state index in [1.54, 1.807) is 13.0 Å². The summed E-state index contributed by atoms with van der Waals surface area (Å²) in [4.78, 5) is 10.4. The van der Waals surface area contributed by atoms with Crippen molar-refractivity contribution in [3.05, 3.63) is 28.3 Å². The number of aliphatic carboxylic acids is 1. The van der Waals surface area contributed by atoms with Gasteiger partial charge in [0.1, 0.15) is 5.75 Å². The fraction of sp³-hybridized carbons (Fsp3) is 0.364. The normalized spacial score (nSPS) is 12.4. The molecule has 0 amide bonds. The maximum atomic E-state index is 10.4. The van der Waals surface area contributed by atoms with Crippen LogP contribution in [-0.2, 0) is 4.79 Å². The number of hydrogen-bond donors (Lipinski definition) is 3. The van der Waals surface area contributed by atoms with Crippen LogP contribution < -0.4 is 5.73 Å². The molecule has 0 bridgehead atoms. The largest absolute Gasteiger partial charge is 0.506 e. The second kappa shape index (κ2) is 5.18. The first kappa shape index (κ1) is 12.8. The number of carboxylic acid groups (broad SMARTS) is 1. The van der Waals surface area contributed by atoms with Crippen molar-refractivity contribution in [2.24, 2.45) is 5.73 Å². The second-order valence-electron chi connectivity index (χ2n) is 3.71. The van der Waals surface area contributed by atoms with Crippen molar-refractivity contribution in [2.45, 2.75) is 25.8 Å². The highest BCUT2D eigenvalue weighted by atomic mass is 35.5. The molecule has 16 heavy (non-hydrogen) atoms. The molecule has 4 N–H and O–H groups in total. The molecule has 1 aromatic carbocycles. The van der Waals surface area contributed by atoms with Gasteiger partial charge in [0.25, 0.3) is 0 Å². The van der Waals surface area contributed by atoms with Crippen molar-refractivity contribution < 1.29 is 15.0 Å². The molecule has 0 radical (unpaired) electrons. The molecule has 0 aromatic heterocycles. The summed E-state index contributed by atoms with van der Waals surface area (Å²) in [6.07, 6.45) is 0.333. The van der Waals surface area contributed by atoms with E-state index < -0.39 is 12.0 Å². The lowest BCUT2D eigenvalue weighted by molar-refractivity contribution is -0.137. The van der Waals surface area contributed by atoms with E-state index in [4.69, 9.17) is 22.4 Å². The van der Waals surface area contributed by atoms with E-state index >= 15 is 0 Å². The fourth-order valence-corrected chi connectivity index (χ4v) is 1.55. The first-order valence-corrected chi connectivity index (χ1v) is 5.26. The lowest BCUT2D eigenvalue weighted by Crippen LogP contribution is -2.12. The van der Waals surface area contributed by atoms with Gasteiger partial charge in [0.05, 0.1) is 5.02 Å². The molecule has 0 spiro atoms. The SMILES string of the molecule is Cc1cc(C(N)CCC(=O)O)cc(O)c1Cl. The molecule has 5 heteroatoms. The minimum atomic E-state index is -0.884. The van der Waals surface area contributed by atoms with Gasteiger partial charge in [-0.2, -0.15) is 0 Å². The summed E-state index contributed by atoms with van der Waals surface area (Å²) in [6.45, 7) is 1.76. The summed E-state index contributed by atoms with van der Waals surface area (Å²) in [5, 5.41) is 18.3. The first-order chi connectivity index (χ1) is 7.41. The van der Waals surface area contributed by atoms with Crippen LogP contribution in [0.2, 0.25) is 5.02 Å². The molecule has 88 valence electrons. The monoisotopic (exact) mass is 243 g/mol. The predicted molar refractivity (Wildman–Crippen MR) is 61.7 cm³/mol. The van der Waals surface area contributed by atoms with Gasteiger partial charge in [-0.1, -0.05) is 17.7 Å². The molecular weight excluding hydrogens is 230 g/mol. The van der Waals surface area contributed by atoms with Gasteiger partial charge in [0.2, 0.25) is 0 Å². The average molecular weight is 244 g/mol. The minimum absolute atomic E-state index is 0.00357. The third kappa shape index (κ3) is 3.12. The number of carbonyl (C=O) groups is 1. The van der Waals surface area contributed by atoms with Crippen LogP contribution in [0, 0.1) is 6.92 Å². The summed E-state index contributed by atoms with van der Waals surface area (Å²) in [7, 11) is 0. The Morgan fingerprint density at radius 3 is 2.69 bits per heavy atom. The maximum absolute atomic E-state index is 10.4. The van der Waals surface area contributed by atoms with Gasteiger partial charge in [0.15, 0.2) is 0 Å². The lowest BCUT2D eigenvalue weighted by Gasteiger charge is -2.13. The lowest BCUT2D eigenvalue weighted by atomic mass is 10.0. The predicted octanol–water partition coefficient (Wildman–Crippen LogP) is 2.22. The van der Waals surface area contributed by atoms with Crippen molar-refractivity contribution in [1.82, 2.24) is 0 Å². The molecule has 1 unspecified atom stereocenters. The van der Waals surface area contributed by atoms with Crippen molar-refractivity contribution in [3.8, 4) is 5.75 Å². The minimum Gasteiger partial charge on any atom is -0.506 e. The number of halogens is 1. The fourth-order valence-electron chi connectivity index (χ4n) is 1.44. The number of phenols is 1. The van der Waals surface area contributed by atoms with Gasteiger partial charge in [-0.05, 0) is 30.5 Å². The molecule has 0 saturated heterocycles. The topological polar surface area (TPSA) is 83.6 Å². The highest BCUT2D eigenvalue weighted by molar-refractivity contribution is 6.32. The zero-order chi connectivity index (χ0) is 12.3. The molecule has 4 nitrogen and oxygen atoms in total. The highest BCUT2D eigenvalue weighted by Gasteiger charge is 2.12. The van der Waals surface area contributed by atoms with Crippen molar-refractivity contribution in [1.29, 1.82) is 0 Å². The quantitative estimate of drug-likeness (QED) is 0.757. The van der Waals surface area contributed by atoms with Gasteiger partial charge in [0, 0.05) is 12.5 Å². The van der Waals surface area contributed by atoms with E-state index in [2.05, 4.69) is 0 Å². The second-order valence-corrected chi connectivity index (χ2v) is 4.09. The molecule has 1 atom stereocenters. The van der Waals surface area contributed by atoms with Crippen LogP contribution in [0.5, 0.6) is 5.75 Å². The molecule has 0 fully saturated rings. The Bertz CT molecular complexity index is 383. The number of nitrogens with two attached hydrogens (primary N) is 1. The van der Waals surface area contributed by atoms with Gasteiger partial charge >= 0.3 is 5.97 Å². The number of aryl methyl sites for hydroxylation is 1. The Labute approximate surface area is 98.6 Å². The van der Waals surface area contributed by atoms with Crippen molar-refractivity contribution >= 4 is 17.6 Å². The Morgan fingerprint density at radius 2 is 2.19 bits per heavy atom. The standard InChI is InChI=1S/C11H14ClNO3/c1-6-4-7(5-9(14)11(6)12)8(13)2-3-10(15)16/h4-5,8,14H,2-3,13H2,1H3,(H,15,16). The van der Waals surface area contributed by atoms with Crippen LogP contribution in [0.25, 0.3) is 0 Å². The molecular formula is C11H14ClNO3. The third-order valence-electron chi connectivity index (χ3n) is 2.36. The Kier molecular flexibility index (Phi) is 4.15. The highest BCUT2D eigenvalue weighted by Crippen LogP contribution is 2.30. The number of hydrogen-bond acceptors (Lipinski definition) is 3. The zero-order valence-corrected chi connectivity index (χ0v) is 9.66. The van der Waals surface area contributed by atoms with E-state index in [0.29, 0.717) is 17.0 Å². The summed E-state index contributed by atoms with van der Waals surface area (Å²) >= 11 is 5.80. The Hall–Kier alpha value is -1.26. The van der Waals surface area contributed by atoms with E-state index in [1.165, 1.54) is 6.07 Å². The molecule has 0 saturated carbocycles. The maximum Gasteiger partial charge on any atom is 0.303 e. The molecule has 1 rings (SSSR count). The zero-order valence-electron chi connectivity index (χ0n) is 8.90. The molecule has 0 aliphatic rings. The van der Waals surface area contributed by atoms with Crippen LogP contribution in [0.15, 0.2) is 12.1 Å². The van der Waals surface area contributed by atoms with Gasteiger partial charge in [-0.25, -0.2) is 0 Å². The molecule has 0 aliphatic carbocycles. The van der Waals surface area contributed by atoms with Crippen LogP contribution in [-0.4, -0.2) is 16.2 Å². The Morgan fingerprint density at radius 1 is 1.56 bits per heavy atom. The van der Waals surface area contributed by atoms with Crippen LogP contribution in [0.3, 0.4) is 0 Å². The molecule has 0 heterocycles. The molecule has 1 aromatic rings. The van der Waals surface area contributed by atoms with E-state index in [-0.39, 0.29) is 12.2 Å². The summed E-state index contributed by atoms with van der Waals surface area (Å²) in [6, 6.07) is 2.83. The van der Waals surface area contributed by atoms with Gasteiger partial charge < -0.3 is 15.9 Å². The van der Waals surface area contributed by atoms with Crippen LogP contribution >= 0.6 is 11.6 Å². The summed E-state index contributed by atoms with van der Waals surface area (Å²) in [5.74, 6) is -0.909. The first-order valence-electron chi connectivity index (χ1n) is 4.88. The van der Waals surface area contributed by atoms with Crippen molar-refractivity contribution in [2.75, 3.05) is 0 Å².